The number of ether oxygens (including phenoxy) is 1. The Labute approximate surface area is 138 Å². The molecule has 1 atom stereocenters. The van der Waals surface area contributed by atoms with Crippen molar-refractivity contribution < 1.29 is 19.2 Å². The van der Waals surface area contributed by atoms with Crippen molar-refractivity contribution in [2.45, 2.75) is 30.9 Å². The second-order valence-electron chi connectivity index (χ2n) is 5.32. The first-order valence-electron chi connectivity index (χ1n) is 7.14. The Hall–Kier alpha value is -2.09. The number of rotatable bonds is 8. The lowest BCUT2D eigenvalue weighted by Gasteiger charge is -2.12. The van der Waals surface area contributed by atoms with Crippen LogP contribution in [0.3, 0.4) is 0 Å². The first-order chi connectivity index (χ1) is 10.8. The zero-order valence-corrected chi connectivity index (χ0v) is 14.1. The molecule has 0 radical (unpaired) electrons. The Balaban J connectivity index is 2.41. The van der Waals surface area contributed by atoms with Gasteiger partial charge in [0.2, 0.25) is 0 Å². The fourth-order valence-electron chi connectivity index (χ4n) is 1.52. The summed E-state index contributed by atoms with van der Waals surface area (Å²) in [5.41, 5.74) is -0.00796. The number of benzene rings is 1. The van der Waals surface area contributed by atoms with E-state index in [2.05, 4.69) is 5.32 Å². The number of esters is 1. The van der Waals surface area contributed by atoms with Gasteiger partial charge >= 0.3 is 5.97 Å². The largest absolute Gasteiger partial charge is 0.455 e. The van der Waals surface area contributed by atoms with Gasteiger partial charge in [-0.1, -0.05) is 13.8 Å². The summed E-state index contributed by atoms with van der Waals surface area (Å²) in [5, 5.41) is 12.7. The summed E-state index contributed by atoms with van der Waals surface area (Å²) in [5.74, 6) is -0.515. The van der Waals surface area contributed by atoms with Crippen LogP contribution in [-0.2, 0) is 14.3 Å². The normalized spacial score (nSPS) is 11.8. The maximum atomic E-state index is 11.8. The van der Waals surface area contributed by atoms with E-state index in [1.54, 1.807) is 19.1 Å². The van der Waals surface area contributed by atoms with Crippen molar-refractivity contribution in [3.05, 3.63) is 34.4 Å². The van der Waals surface area contributed by atoms with Crippen molar-refractivity contribution in [3.63, 3.8) is 0 Å². The summed E-state index contributed by atoms with van der Waals surface area (Å²) in [6.07, 6.45) is 0. The van der Waals surface area contributed by atoms with Crippen LogP contribution in [0, 0.1) is 16.0 Å². The van der Waals surface area contributed by atoms with E-state index in [0.717, 1.165) is 0 Å². The van der Waals surface area contributed by atoms with Crippen LogP contribution in [0.15, 0.2) is 29.2 Å². The van der Waals surface area contributed by atoms with Crippen LogP contribution < -0.4 is 5.32 Å². The molecule has 126 valence electrons. The maximum Gasteiger partial charge on any atom is 0.319 e. The van der Waals surface area contributed by atoms with Crippen LogP contribution >= 0.6 is 11.8 Å². The van der Waals surface area contributed by atoms with Crippen LogP contribution in [0.2, 0.25) is 0 Å². The lowest BCUT2D eigenvalue weighted by Crippen LogP contribution is -2.32. The number of nitrogens with one attached hydrogen (secondary N) is 1. The third-order valence-electron chi connectivity index (χ3n) is 2.75. The molecule has 0 unspecified atom stereocenters. The zero-order valence-electron chi connectivity index (χ0n) is 13.3. The van der Waals surface area contributed by atoms with Gasteiger partial charge in [-0.25, -0.2) is 0 Å². The molecule has 23 heavy (non-hydrogen) atoms. The van der Waals surface area contributed by atoms with Gasteiger partial charge in [-0.05, 0) is 25.0 Å². The van der Waals surface area contributed by atoms with Crippen LogP contribution in [0.25, 0.3) is 0 Å². The molecule has 1 amide bonds. The van der Waals surface area contributed by atoms with Gasteiger partial charge in [-0.2, -0.15) is 0 Å². The lowest BCUT2D eigenvalue weighted by atomic mass is 10.2. The minimum Gasteiger partial charge on any atom is -0.455 e. The van der Waals surface area contributed by atoms with E-state index in [1.165, 1.54) is 23.9 Å². The number of carbonyl (C=O) groups excluding carboxylic acids is 2. The third-order valence-corrected chi connectivity index (χ3v) is 3.84. The fraction of sp³-hybridized carbons (Fsp3) is 0.467. The number of nitrogens with zero attached hydrogens (tertiary/aromatic N) is 1. The molecule has 0 saturated heterocycles. The molecule has 0 aliphatic carbocycles. The van der Waals surface area contributed by atoms with Gasteiger partial charge in [-0.15, -0.1) is 11.8 Å². The highest BCUT2D eigenvalue weighted by molar-refractivity contribution is 8.00. The molecule has 7 nitrogen and oxygen atoms in total. The van der Waals surface area contributed by atoms with Gasteiger partial charge in [0.25, 0.3) is 11.6 Å². The Kier molecular flexibility index (Phi) is 7.53. The van der Waals surface area contributed by atoms with E-state index in [0.29, 0.717) is 17.4 Å². The summed E-state index contributed by atoms with van der Waals surface area (Å²) in [4.78, 5) is 34.1. The van der Waals surface area contributed by atoms with Crippen LogP contribution in [0.1, 0.15) is 20.8 Å². The summed E-state index contributed by atoms with van der Waals surface area (Å²) in [6.45, 7) is 5.81. The van der Waals surface area contributed by atoms with E-state index in [9.17, 15) is 19.7 Å². The standard InChI is InChI=1S/C15H20N2O5S/c1-10(2)8-16-14(18)9-22-15(19)11(3)23-13-6-4-12(5-7-13)17(20)21/h4-7,10-11H,8-9H2,1-3H3,(H,16,18)/t11-/m0/s1. The van der Waals surface area contributed by atoms with Crippen LogP contribution in [0.5, 0.6) is 0 Å². The van der Waals surface area contributed by atoms with E-state index >= 15 is 0 Å². The number of non-ortho nitro benzene ring substituents is 1. The lowest BCUT2D eigenvalue weighted by molar-refractivity contribution is -0.384. The molecular weight excluding hydrogens is 320 g/mol. The number of nitro benzene ring substituents is 1. The third kappa shape index (κ3) is 7.14. The van der Waals surface area contributed by atoms with Gasteiger partial charge < -0.3 is 10.1 Å². The van der Waals surface area contributed by atoms with Crippen molar-refractivity contribution in [1.29, 1.82) is 0 Å². The molecule has 0 saturated carbocycles. The van der Waals surface area contributed by atoms with Crippen molar-refractivity contribution >= 4 is 29.3 Å². The molecule has 1 aromatic carbocycles. The highest BCUT2D eigenvalue weighted by Gasteiger charge is 2.18. The quantitative estimate of drug-likeness (QED) is 0.338. The predicted octanol–water partition coefficient (Wildman–Crippen LogP) is 2.39. The first-order valence-corrected chi connectivity index (χ1v) is 8.02. The predicted molar refractivity (Wildman–Crippen MR) is 87.2 cm³/mol. The van der Waals surface area contributed by atoms with E-state index in [4.69, 9.17) is 4.74 Å². The van der Waals surface area contributed by atoms with E-state index < -0.39 is 16.1 Å². The Morgan fingerprint density at radius 2 is 1.87 bits per heavy atom. The summed E-state index contributed by atoms with van der Waals surface area (Å²) in [7, 11) is 0. The minimum atomic E-state index is -0.519. The highest BCUT2D eigenvalue weighted by atomic mass is 32.2. The number of hydrogen-bond acceptors (Lipinski definition) is 6. The molecule has 0 bridgehead atoms. The smallest absolute Gasteiger partial charge is 0.319 e. The SMILES string of the molecule is CC(C)CNC(=O)COC(=O)[C@H](C)Sc1ccc([N+](=O)[O-])cc1. The monoisotopic (exact) mass is 340 g/mol. The number of hydrogen-bond donors (Lipinski definition) is 1. The fourth-order valence-corrected chi connectivity index (χ4v) is 2.39. The molecule has 1 N–H and O–H groups in total. The van der Waals surface area contributed by atoms with Gasteiger partial charge in [0.05, 0.1) is 4.92 Å². The molecule has 0 heterocycles. The molecule has 8 heteroatoms. The highest BCUT2D eigenvalue weighted by Crippen LogP contribution is 2.25. The van der Waals surface area contributed by atoms with Crippen LogP contribution in [-0.4, -0.2) is 35.2 Å². The maximum absolute atomic E-state index is 11.8. The van der Waals surface area contributed by atoms with Gasteiger partial charge in [0.1, 0.15) is 5.25 Å². The van der Waals surface area contributed by atoms with E-state index in [1.807, 2.05) is 13.8 Å². The molecule has 0 spiro atoms. The molecule has 0 aliphatic heterocycles. The number of amides is 1. The zero-order chi connectivity index (χ0) is 17.4. The number of thioether (sulfide) groups is 1. The van der Waals surface area contributed by atoms with Crippen molar-refractivity contribution in [2.24, 2.45) is 5.92 Å². The van der Waals surface area contributed by atoms with E-state index in [-0.39, 0.29) is 18.2 Å². The Morgan fingerprint density at radius 1 is 1.26 bits per heavy atom. The van der Waals surface area contributed by atoms with Crippen molar-refractivity contribution in [2.75, 3.05) is 13.2 Å². The first kappa shape index (κ1) is 19.0. The average molecular weight is 340 g/mol. The van der Waals surface area contributed by atoms with Gasteiger partial charge in [-0.3, -0.25) is 19.7 Å². The van der Waals surface area contributed by atoms with Crippen molar-refractivity contribution in [3.8, 4) is 0 Å². The topological polar surface area (TPSA) is 98.5 Å². The summed E-state index contributed by atoms with van der Waals surface area (Å²) < 4.78 is 4.95. The Morgan fingerprint density at radius 3 is 2.39 bits per heavy atom. The molecule has 0 fully saturated rings. The summed E-state index contributed by atoms with van der Waals surface area (Å²) >= 11 is 1.21. The van der Waals surface area contributed by atoms with Crippen molar-refractivity contribution in [1.82, 2.24) is 5.32 Å². The average Bonchev–Trinajstić information content (AvgIpc) is 2.50. The molecule has 0 aliphatic rings. The number of carbonyl (C=O) groups is 2. The summed E-state index contributed by atoms with van der Waals surface area (Å²) in [6, 6.07) is 5.89. The molecule has 0 aromatic heterocycles. The number of nitro groups is 1. The van der Waals surface area contributed by atoms with Gasteiger partial charge in [0, 0.05) is 23.6 Å². The molecule has 1 rings (SSSR count). The second kappa shape index (κ2) is 9.14. The molecule has 1 aromatic rings. The second-order valence-corrected chi connectivity index (χ2v) is 6.73. The van der Waals surface area contributed by atoms with Gasteiger partial charge in [0.15, 0.2) is 6.61 Å². The minimum absolute atomic E-state index is 0.00796. The molecular formula is C15H20N2O5S. The Bertz CT molecular complexity index is 559. The van der Waals surface area contributed by atoms with Crippen LogP contribution in [0.4, 0.5) is 5.69 Å².